The average Bonchev–Trinajstić information content (AvgIpc) is 2.86. The monoisotopic (exact) mass is 296 g/mol. The molecule has 1 fully saturated rings. The van der Waals surface area contributed by atoms with Crippen molar-refractivity contribution in [1.29, 1.82) is 0 Å². The molecule has 1 aromatic heterocycles. The Morgan fingerprint density at radius 2 is 2.25 bits per heavy atom. The fourth-order valence-electron chi connectivity index (χ4n) is 1.87. The van der Waals surface area contributed by atoms with Gasteiger partial charge >= 0.3 is 0 Å². The van der Waals surface area contributed by atoms with Crippen LogP contribution in [-0.2, 0) is 4.74 Å². The topological polar surface area (TPSA) is 62.0 Å². The second-order valence-corrected chi connectivity index (χ2v) is 4.94. The minimum absolute atomic E-state index is 0.512. The highest BCUT2D eigenvalue weighted by atomic mass is 32.1. The van der Waals surface area contributed by atoms with E-state index in [0.29, 0.717) is 10.9 Å². The zero-order valence-electron chi connectivity index (χ0n) is 11.6. The van der Waals surface area contributed by atoms with Crippen LogP contribution < -0.4 is 10.7 Å². The molecule has 0 aromatic carbocycles. The van der Waals surface area contributed by atoms with E-state index in [2.05, 4.69) is 20.7 Å². The molecule has 0 unspecified atom stereocenters. The maximum Gasteiger partial charge on any atom is 0.187 e. The largest absolute Gasteiger partial charge is 0.460 e. The van der Waals surface area contributed by atoms with E-state index >= 15 is 0 Å². The summed E-state index contributed by atoms with van der Waals surface area (Å²) in [5, 5.41) is 7.64. The average molecular weight is 296 g/mol. The van der Waals surface area contributed by atoms with Gasteiger partial charge in [-0.1, -0.05) is 0 Å². The van der Waals surface area contributed by atoms with Crippen LogP contribution in [0.15, 0.2) is 21.7 Å². The smallest absolute Gasteiger partial charge is 0.187 e. The standard InChI is InChI=1S/C13H20N4O2S/c1-11-2-3-12(19-11)10-15-16-13(20)14-4-5-17-6-8-18-9-7-17/h2-3,10H,4-9H2,1H3,(H2,14,16,20)/b15-10-. The van der Waals surface area contributed by atoms with Gasteiger partial charge in [-0.2, -0.15) is 5.10 Å². The highest BCUT2D eigenvalue weighted by molar-refractivity contribution is 7.80. The van der Waals surface area contributed by atoms with Gasteiger partial charge < -0.3 is 14.5 Å². The van der Waals surface area contributed by atoms with Crippen molar-refractivity contribution in [2.24, 2.45) is 5.10 Å². The van der Waals surface area contributed by atoms with Crippen LogP contribution in [0.3, 0.4) is 0 Å². The molecule has 7 heteroatoms. The Bertz CT molecular complexity index is 455. The lowest BCUT2D eigenvalue weighted by Gasteiger charge is -2.26. The van der Waals surface area contributed by atoms with Gasteiger partial charge in [-0.15, -0.1) is 0 Å². The van der Waals surface area contributed by atoms with Crippen LogP contribution in [0, 0.1) is 6.92 Å². The van der Waals surface area contributed by atoms with Crippen molar-refractivity contribution in [3.8, 4) is 0 Å². The van der Waals surface area contributed by atoms with E-state index in [1.807, 2.05) is 19.1 Å². The lowest BCUT2D eigenvalue weighted by molar-refractivity contribution is 0.0389. The van der Waals surface area contributed by atoms with Crippen molar-refractivity contribution in [1.82, 2.24) is 15.6 Å². The third kappa shape index (κ3) is 5.28. The molecule has 2 heterocycles. The van der Waals surface area contributed by atoms with Crippen molar-refractivity contribution < 1.29 is 9.15 Å². The molecule has 0 aliphatic carbocycles. The number of hydrazone groups is 1. The molecule has 0 saturated carbocycles. The molecule has 20 heavy (non-hydrogen) atoms. The van der Waals surface area contributed by atoms with Gasteiger partial charge in [0.25, 0.3) is 0 Å². The molecule has 0 atom stereocenters. The van der Waals surface area contributed by atoms with Crippen LogP contribution in [0.5, 0.6) is 0 Å². The quantitative estimate of drug-likeness (QED) is 0.474. The number of hydrogen-bond donors (Lipinski definition) is 2. The molecular formula is C13H20N4O2S. The molecule has 1 aliphatic heterocycles. The first-order valence-electron chi connectivity index (χ1n) is 6.67. The second-order valence-electron chi connectivity index (χ2n) is 4.53. The number of morpholine rings is 1. The predicted molar refractivity (Wildman–Crippen MR) is 82.0 cm³/mol. The molecule has 2 N–H and O–H groups in total. The van der Waals surface area contributed by atoms with E-state index in [4.69, 9.17) is 21.4 Å². The van der Waals surface area contributed by atoms with Crippen molar-refractivity contribution in [2.45, 2.75) is 6.92 Å². The summed E-state index contributed by atoms with van der Waals surface area (Å²) in [7, 11) is 0. The summed E-state index contributed by atoms with van der Waals surface area (Å²) in [4.78, 5) is 2.34. The highest BCUT2D eigenvalue weighted by Gasteiger charge is 2.09. The van der Waals surface area contributed by atoms with E-state index in [0.717, 1.165) is 45.2 Å². The Hall–Kier alpha value is -1.44. The Morgan fingerprint density at radius 1 is 1.45 bits per heavy atom. The Labute approximate surface area is 124 Å². The number of hydrogen-bond acceptors (Lipinski definition) is 5. The maximum absolute atomic E-state index is 5.35. The molecule has 0 radical (unpaired) electrons. The lowest BCUT2D eigenvalue weighted by atomic mass is 10.4. The van der Waals surface area contributed by atoms with Crippen LogP contribution in [0.1, 0.15) is 11.5 Å². The zero-order chi connectivity index (χ0) is 14.2. The van der Waals surface area contributed by atoms with E-state index in [-0.39, 0.29) is 0 Å². The lowest BCUT2D eigenvalue weighted by Crippen LogP contribution is -2.42. The number of nitrogens with one attached hydrogen (secondary N) is 2. The van der Waals surface area contributed by atoms with Gasteiger partial charge in [0.05, 0.1) is 19.4 Å². The summed E-state index contributed by atoms with van der Waals surface area (Å²) in [5.41, 5.74) is 2.76. The minimum Gasteiger partial charge on any atom is -0.460 e. The molecule has 1 aromatic rings. The predicted octanol–water partition coefficient (Wildman–Crippen LogP) is 0.718. The number of furan rings is 1. The molecule has 0 bridgehead atoms. The molecule has 6 nitrogen and oxygen atoms in total. The Balaban J connectivity index is 1.59. The van der Waals surface area contributed by atoms with E-state index in [9.17, 15) is 0 Å². The normalized spacial score (nSPS) is 16.4. The third-order valence-corrected chi connectivity index (χ3v) is 3.17. The highest BCUT2D eigenvalue weighted by Crippen LogP contribution is 2.02. The van der Waals surface area contributed by atoms with Crippen LogP contribution in [0.4, 0.5) is 0 Å². The van der Waals surface area contributed by atoms with Gasteiger partial charge in [-0.25, -0.2) is 0 Å². The van der Waals surface area contributed by atoms with Crippen molar-refractivity contribution in [2.75, 3.05) is 39.4 Å². The van der Waals surface area contributed by atoms with E-state index in [1.54, 1.807) is 6.21 Å². The minimum atomic E-state index is 0.512. The fraction of sp³-hybridized carbons (Fsp3) is 0.538. The van der Waals surface area contributed by atoms with Crippen LogP contribution in [0.2, 0.25) is 0 Å². The van der Waals surface area contributed by atoms with E-state index in [1.165, 1.54) is 0 Å². The summed E-state index contributed by atoms with van der Waals surface area (Å²) < 4.78 is 10.7. The molecule has 0 spiro atoms. The molecule has 110 valence electrons. The first-order chi connectivity index (χ1) is 9.74. The van der Waals surface area contributed by atoms with Gasteiger partial charge in [0, 0.05) is 26.2 Å². The van der Waals surface area contributed by atoms with Crippen molar-refractivity contribution in [3.05, 3.63) is 23.7 Å². The number of ether oxygens (including phenoxy) is 1. The number of thiocarbonyl (C=S) groups is 1. The van der Waals surface area contributed by atoms with Gasteiger partial charge in [0.2, 0.25) is 0 Å². The summed E-state index contributed by atoms with van der Waals surface area (Å²) >= 11 is 5.13. The first-order valence-corrected chi connectivity index (χ1v) is 7.08. The molecule has 2 rings (SSSR count). The summed E-state index contributed by atoms with van der Waals surface area (Å²) in [5.74, 6) is 1.56. The first kappa shape index (κ1) is 15.0. The Kier molecular flexibility index (Phi) is 5.97. The van der Waals surface area contributed by atoms with Crippen molar-refractivity contribution in [3.63, 3.8) is 0 Å². The number of nitrogens with zero attached hydrogens (tertiary/aromatic N) is 2. The van der Waals surface area contributed by atoms with Gasteiger partial charge in [0.1, 0.15) is 11.5 Å². The second kappa shape index (κ2) is 7.98. The Morgan fingerprint density at radius 3 is 2.95 bits per heavy atom. The molecule has 1 aliphatic rings. The van der Waals surface area contributed by atoms with E-state index < -0.39 is 0 Å². The fourth-order valence-corrected chi connectivity index (χ4v) is 2.02. The van der Waals surface area contributed by atoms with Gasteiger partial charge in [-0.05, 0) is 31.3 Å². The maximum atomic E-state index is 5.35. The van der Waals surface area contributed by atoms with Crippen LogP contribution in [-0.4, -0.2) is 55.6 Å². The van der Waals surface area contributed by atoms with Crippen molar-refractivity contribution >= 4 is 23.5 Å². The number of aryl methyl sites for hydroxylation is 1. The van der Waals surface area contributed by atoms with Crippen LogP contribution >= 0.6 is 12.2 Å². The molecule has 0 amide bonds. The summed E-state index contributed by atoms with van der Waals surface area (Å²) in [6, 6.07) is 3.75. The summed E-state index contributed by atoms with van der Waals surface area (Å²) in [6.45, 7) is 7.23. The SMILES string of the molecule is Cc1ccc(/C=N\NC(=S)NCCN2CCOCC2)o1. The summed E-state index contributed by atoms with van der Waals surface area (Å²) in [6.07, 6.45) is 1.60. The molecular weight excluding hydrogens is 276 g/mol. The molecule has 1 saturated heterocycles. The van der Waals surface area contributed by atoms with Gasteiger partial charge in [0.15, 0.2) is 5.11 Å². The van der Waals surface area contributed by atoms with Crippen LogP contribution in [0.25, 0.3) is 0 Å². The van der Waals surface area contributed by atoms with Gasteiger partial charge in [-0.3, -0.25) is 10.3 Å². The number of rotatable bonds is 5. The zero-order valence-corrected chi connectivity index (χ0v) is 12.4. The third-order valence-electron chi connectivity index (χ3n) is 2.94.